The first kappa shape index (κ1) is 17.4. The lowest BCUT2D eigenvalue weighted by Gasteiger charge is -2.10. The number of nitrogens with zero attached hydrogens (tertiary/aromatic N) is 5. The minimum absolute atomic E-state index is 0.489. The zero-order valence-corrected chi connectivity index (χ0v) is 15.1. The van der Waals surface area contributed by atoms with E-state index in [1.165, 1.54) is 0 Å². The molecule has 2 heterocycles. The Morgan fingerprint density at radius 3 is 2.40 bits per heavy atom. The highest BCUT2D eigenvalue weighted by Crippen LogP contribution is 2.20. The summed E-state index contributed by atoms with van der Waals surface area (Å²) < 4.78 is 15.7. The molecule has 3 aromatic rings. The molecule has 25 heavy (non-hydrogen) atoms. The van der Waals surface area contributed by atoms with Gasteiger partial charge in [-0.1, -0.05) is 10.3 Å². The molecule has 0 fully saturated rings. The predicted octanol–water partition coefficient (Wildman–Crippen LogP) is 2.62. The van der Waals surface area contributed by atoms with Crippen molar-refractivity contribution in [3.05, 3.63) is 41.9 Å². The van der Waals surface area contributed by atoms with E-state index in [0.717, 1.165) is 17.1 Å². The smallest absolute Gasteiger partial charge is 0.241 e. The van der Waals surface area contributed by atoms with Gasteiger partial charge in [0, 0.05) is 5.56 Å². The topological polar surface area (TPSA) is 90.3 Å². The summed E-state index contributed by atoms with van der Waals surface area (Å²) in [4.78, 5) is 10.7. The predicted molar refractivity (Wildman–Crippen MR) is 93.0 cm³/mol. The third-order valence-corrected chi connectivity index (χ3v) is 3.96. The molecule has 9 heteroatoms. The van der Waals surface area contributed by atoms with Crippen molar-refractivity contribution in [2.75, 3.05) is 20.4 Å². The lowest BCUT2D eigenvalue weighted by atomic mass is 10.2. The molecular weight excluding hydrogens is 342 g/mol. The van der Waals surface area contributed by atoms with Gasteiger partial charge in [0.1, 0.15) is 5.75 Å². The first-order valence-electron chi connectivity index (χ1n) is 7.64. The Hall–Kier alpha value is -2.39. The lowest BCUT2D eigenvalue weighted by molar-refractivity contribution is 0.229. The summed E-state index contributed by atoms with van der Waals surface area (Å²) in [6, 6.07) is 7.50. The average Bonchev–Trinajstić information content (AvgIpc) is 3.25. The minimum Gasteiger partial charge on any atom is -0.497 e. The van der Waals surface area contributed by atoms with Crippen LogP contribution in [0.1, 0.15) is 17.6 Å². The number of rotatable bonds is 8. The summed E-state index contributed by atoms with van der Waals surface area (Å²) in [5.74, 6) is 3.87. The molecule has 132 valence electrons. The Bertz CT molecular complexity index is 802. The van der Waals surface area contributed by atoms with Crippen LogP contribution in [-0.2, 0) is 18.8 Å². The molecule has 0 aliphatic rings. The average molecular weight is 361 g/mol. The van der Waals surface area contributed by atoms with Gasteiger partial charge in [0.25, 0.3) is 0 Å². The number of hydrogen-bond donors (Lipinski definition) is 0. The van der Waals surface area contributed by atoms with Crippen LogP contribution in [0.15, 0.2) is 33.3 Å². The molecule has 0 atom stereocenters. The molecule has 0 aliphatic carbocycles. The highest BCUT2D eigenvalue weighted by atomic mass is 32.2. The molecule has 0 saturated heterocycles. The van der Waals surface area contributed by atoms with Gasteiger partial charge in [0.15, 0.2) is 5.82 Å². The molecule has 0 radical (unpaired) electrons. The van der Waals surface area contributed by atoms with Crippen molar-refractivity contribution >= 4 is 11.8 Å². The number of ether oxygens (including phenoxy) is 1. The van der Waals surface area contributed by atoms with Gasteiger partial charge in [-0.3, -0.25) is 4.90 Å². The highest BCUT2D eigenvalue weighted by molar-refractivity contribution is 7.97. The number of thioether (sulfide) groups is 1. The summed E-state index contributed by atoms with van der Waals surface area (Å²) in [5, 5.41) is 7.95. The monoisotopic (exact) mass is 361 g/mol. The van der Waals surface area contributed by atoms with Crippen LogP contribution in [0.4, 0.5) is 0 Å². The van der Waals surface area contributed by atoms with E-state index in [1.54, 1.807) is 18.9 Å². The third-order valence-electron chi connectivity index (χ3n) is 3.41. The van der Waals surface area contributed by atoms with Crippen molar-refractivity contribution in [1.82, 2.24) is 25.2 Å². The normalized spacial score (nSPS) is 11.2. The number of methoxy groups -OCH3 is 1. The Morgan fingerprint density at radius 1 is 1.04 bits per heavy atom. The van der Waals surface area contributed by atoms with Crippen molar-refractivity contribution in [3.63, 3.8) is 0 Å². The summed E-state index contributed by atoms with van der Waals surface area (Å²) in [5.41, 5.74) is 0.872. The van der Waals surface area contributed by atoms with E-state index in [0.29, 0.717) is 36.5 Å². The molecule has 0 aliphatic heterocycles. The Balaban J connectivity index is 1.59. The van der Waals surface area contributed by atoms with Crippen molar-refractivity contribution in [1.29, 1.82) is 0 Å². The first-order chi connectivity index (χ1) is 12.2. The second-order valence-electron chi connectivity index (χ2n) is 5.45. The Kier molecular flexibility index (Phi) is 5.67. The fourth-order valence-electron chi connectivity index (χ4n) is 2.24. The van der Waals surface area contributed by atoms with Crippen LogP contribution >= 0.6 is 11.8 Å². The van der Waals surface area contributed by atoms with Crippen LogP contribution in [0.25, 0.3) is 11.4 Å². The van der Waals surface area contributed by atoms with Crippen LogP contribution in [0, 0.1) is 0 Å². The molecule has 0 saturated carbocycles. The van der Waals surface area contributed by atoms with E-state index >= 15 is 0 Å². The van der Waals surface area contributed by atoms with Gasteiger partial charge in [-0.25, -0.2) is 0 Å². The van der Waals surface area contributed by atoms with E-state index in [9.17, 15) is 0 Å². The maximum atomic E-state index is 5.32. The van der Waals surface area contributed by atoms with E-state index in [2.05, 4.69) is 20.3 Å². The van der Waals surface area contributed by atoms with E-state index in [4.69, 9.17) is 13.8 Å². The Morgan fingerprint density at radius 2 is 1.72 bits per heavy atom. The lowest BCUT2D eigenvalue weighted by Crippen LogP contribution is -2.17. The Labute approximate surface area is 149 Å². The minimum atomic E-state index is 0.489. The first-order valence-corrected chi connectivity index (χ1v) is 9.03. The molecule has 0 unspecified atom stereocenters. The molecule has 0 bridgehead atoms. The summed E-state index contributed by atoms with van der Waals surface area (Å²) in [6.07, 6.45) is 2.00. The quantitative estimate of drug-likeness (QED) is 0.600. The molecule has 1 aromatic carbocycles. The number of benzene rings is 1. The molecule has 2 aromatic heterocycles. The van der Waals surface area contributed by atoms with Gasteiger partial charge in [0.05, 0.1) is 26.0 Å². The highest BCUT2D eigenvalue weighted by Gasteiger charge is 2.14. The van der Waals surface area contributed by atoms with Gasteiger partial charge in [-0.15, -0.1) is 0 Å². The summed E-state index contributed by atoms with van der Waals surface area (Å²) in [6.45, 7) is 1.00. The summed E-state index contributed by atoms with van der Waals surface area (Å²) in [7, 11) is 3.56. The van der Waals surface area contributed by atoms with Crippen molar-refractivity contribution in [3.8, 4) is 17.1 Å². The summed E-state index contributed by atoms with van der Waals surface area (Å²) >= 11 is 1.65. The second kappa shape index (κ2) is 8.13. The standard InChI is InChI=1S/C16H19N5O3S/c1-21(8-14-17-13(10-25-3)19-23-14)9-15-18-16(20-24-15)11-4-6-12(22-2)7-5-11/h4-7H,8-10H2,1-3H3. The van der Waals surface area contributed by atoms with Crippen molar-refractivity contribution in [2.45, 2.75) is 18.8 Å². The van der Waals surface area contributed by atoms with Crippen molar-refractivity contribution in [2.24, 2.45) is 0 Å². The van der Waals surface area contributed by atoms with E-state index < -0.39 is 0 Å². The van der Waals surface area contributed by atoms with Gasteiger partial charge in [-0.05, 0) is 37.6 Å². The zero-order chi connectivity index (χ0) is 17.6. The number of aromatic nitrogens is 4. The maximum absolute atomic E-state index is 5.32. The van der Waals surface area contributed by atoms with Crippen LogP contribution in [0.2, 0.25) is 0 Å². The van der Waals surface area contributed by atoms with Gasteiger partial charge < -0.3 is 13.8 Å². The zero-order valence-electron chi connectivity index (χ0n) is 14.3. The fourth-order valence-corrected chi connectivity index (χ4v) is 2.61. The largest absolute Gasteiger partial charge is 0.497 e. The van der Waals surface area contributed by atoms with Crippen LogP contribution in [0.5, 0.6) is 5.75 Å². The molecule has 0 N–H and O–H groups in total. The SMILES string of the molecule is COc1ccc(-c2noc(CN(C)Cc3nc(CSC)no3)n2)cc1. The molecule has 0 spiro atoms. The second-order valence-corrected chi connectivity index (χ2v) is 6.32. The van der Waals surface area contributed by atoms with E-state index in [-0.39, 0.29) is 0 Å². The molecule has 8 nitrogen and oxygen atoms in total. The fraction of sp³-hybridized carbons (Fsp3) is 0.375. The molecular formula is C16H19N5O3S. The number of hydrogen-bond acceptors (Lipinski definition) is 9. The van der Waals surface area contributed by atoms with Crippen LogP contribution < -0.4 is 4.74 Å². The van der Waals surface area contributed by atoms with Crippen molar-refractivity contribution < 1.29 is 13.8 Å². The molecule has 3 rings (SSSR count). The molecule has 0 amide bonds. The van der Waals surface area contributed by atoms with Gasteiger partial charge >= 0.3 is 0 Å². The van der Waals surface area contributed by atoms with E-state index in [1.807, 2.05) is 42.5 Å². The van der Waals surface area contributed by atoms with Gasteiger partial charge in [0.2, 0.25) is 17.6 Å². The van der Waals surface area contributed by atoms with Gasteiger partial charge in [-0.2, -0.15) is 21.7 Å². The third kappa shape index (κ3) is 4.58. The van der Waals surface area contributed by atoms with Crippen LogP contribution in [0.3, 0.4) is 0 Å². The van der Waals surface area contributed by atoms with Crippen LogP contribution in [-0.4, -0.2) is 45.6 Å². The maximum Gasteiger partial charge on any atom is 0.241 e.